The van der Waals surface area contributed by atoms with Crippen molar-refractivity contribution in [3.63, 3.8) is 0 Å². The summed E-state index contributed by atoms with van der Waals surface area (Å²) in [6.45, 7) is 6.34. The van der Waals surface area contributed by atoms with Crippen LogP contribution in [0.15, 0.2) is 23.6 Å². The molecule has 1 aliphatic rings. The Morgan fingerprint density at radius 3 is 2.63 bits per heavy atom. The van der Waals surface area contributed by atoms with Gasteiger partial charge in [-0.2, -0.15) is 10.2 Å². The van der Waals surface area contributed by atoms with E-state index in [0.29, 0.717) is 48.6 Å². The molecule has 27 heavy (non-hydrogen) atoms. The first-order valence-electron chi connectivity index (χ1n) is 8.41. The molecule has 0 radical (unpaired) electrons. The molecular formula is C17H20N6O3S. The van der Waals surface area contributed by atoms with Gasteiger partial charge in [-0.25, -0.2) is 17.7 Å². The SMILES string of the molecule is C=C(C)n1c(=O)c(C#N)cc2cnc(NC3CCN(S(C)(=O)=O)CC3)nc21. The van der Waals surface area contributed by atoms with Crippen LogP contribution in [0.1, 0.15) is 25.3 Å². The van der Waals surface area contributed by atoms with Crippen molar-refractivity contribution < 1.29 is 8.42 Å². The molecule has 0 spiro atoms. The Morgan fingerprint density at radius 2 is 2.07 bits per heavy atom. The molecule has 0 aliphatic carbocycles. The molecule has 0 atom stereocenters. The van der Waals surface area contributed by atoms with E-state index in [4.69, 9.17) is 5.26 Å². The summed E-state index contributed by atoms with van der Waals surface area (Å²) in [6, 6.07) is 3.37. The quantitative estimate of drug-likeness (QED) is 0.829. The number of hydrogen-bond acceptors (Lipinski definition) is 7. The monoisotopic (exact) mass is 388 g/mol. The molecule has 10 heteroatoms. The summed E-state index contributed by atoms with van der Waals surface area (Å²) in [5, 5.41) is 12.9. The van der Waals surface area contributed by atoms with Crippen molar-refractivity contribution in [3.8, 4) is 6.07 Å². The minimum absolute atomic E-state index is 0.00274. The number of fused-ring (bicyclic) bond motifs is 1. The fourth-order valence-electron chi connectivity index (χ4n) is 3.12. The summed E-state index contributed by atoms with van der Waals surface area (Å²) in [7, 11) is -3.18. The van der Waals surface area contributed by atoms with Gasteiger partial charge in [-0.05, 0) is 25.8 Å². The second-order valence-corrected chi connectivity index (χ2v) is 8.58. The topological polar surface area (TPSA) is 121 Å². The van der Waals surface area contributed by atoms with Crippen molar-refractivity contribution >= 4 is 32.7 Å². The lowest BCUT2D eigenvalue weighted by atomic mass is 10.1. The van der Waals surface area contributed by atoms with E-state index >= 15 is 0 Å². The van der Waals surface area contributed by atoms with Gasteiger partial charge in [-0.1, -0.05) is 6.58 Å². The van der Waals surface area contributed by atoms with Gasteiger partial charge < -0.3 is 5.32 Å². The number of piperidine rings is 1. The number of anilines is 1. The van der Waals surface area contributed by atoms with E-state index in [1.54, 1.807) is 13.1 Å². The lowest BCUT2D eigenvalue weighted by Crippen LogP contribution is -2.42. The zero-order valence-electron chi connectivity index (χ0n) is 15.1. The molecule has 0 bridgehead atoms. The maximum Gasteiger partial charge on any atom is 0.274 e. The molecule has 2 aromatic heterocycles. The van der Waals surface area contributed by atoms with Crippen LogP contribution in [0, 0.1) is 11.3 Å². The first-order chi connectivity index (χ1) is 12.7. The van der Waals surface area contributed by atoms with Gasteiger partial charge >= 0.3 is 0 Å². The molecule has 2 aromatic rings. The number of nitrogens with one attached hydrogen (secondary N) is 1. The third kappa shape index (κ3) is 3.84. The van der Waals surface area contributed by atoms with Gasteiger partial charge in [0.15, 0.2) is 5.65 Å². The smallest absolute Gasteiger partial charge is 0.274 e. The highest BCUT2D eigenvalue weighted by atomic mass is 32.2. The molecule has 9 nitrogen and oxygen atoms in total. The lowest BCUT2D eigenvalue weighted by Gasteiger charge is -2.30. The highest BCUT2D eigenvalue weighted by Crippen LogP contribution is 2.19. The molecule has 0 amide bonds. The van der Waals surface area contributed by atoms with Crippen LogP contribution in [-0.2, 0) is 10.0 Å². The average Bonchev–Trinajstić information content (AvgIpc) is 2.60. The Bertz CT molecular complexity index is 1110. The number of rotatable bonds is 4. The van der Waals surface area contributed by atoms with Gasteiger partial charge in [-0.3, -0.25) is 9.36 Å². The van der Waals surface area contributed by atoms with Crippen LogP contribution >= 0.6 is 0 Å². The summed E-state index contributed by atoms with van der Waals surface area (Å²) in [6.07, 6.45) is 4.03. The molecule has 1 saturated heterocycles. The van der Waals surface area contributed by atoms with Crippen molar-refractivity contribution in [2.75, 3.05) is 24.7 Å². The first-order valence-corrected chi connectivity index (χ1v) is 10.3. The normalized spacial score (nSPS) is 16.2. The van der Waals surface area contributed by atoms with Gasteiger partial charge in [-0.15, -0.1) is 0 Å². The average molecular weight is 388 g/mol. The largest absolute Gasteiger partial charge is 0.351 e. The Balaban J connectivity index is 1.89. The van der Waals surface area contributed by atoms with Crippen molar-refractivity contribution in [1.29, 1.82) is 5.26 Å². The molecule has 3 rings (SSSR count). The standard InChI is InChI=1S/C17H20N6O3S/c1-11(2)23-15-13(8-12(9-18)16(23)24)10-19-17(21-15)20-14-4-6-22(7-5-14)27(3,25)26/h8,10,14H,1,4-7H2,2-3H3,(H,19,20,21). The number of allylic oxidation sites excluding steroid dienone is 1. The predicted octanol–water partition coefficient (Wildman–Crippen LogP) is 0.990. The molecule has 0 saturated carbocycles. The van der Waals surface area contributed by atoms with Crippen molar-refractivity contribution in [1.82, 2.24) is 18.8 Å². The van der Waals surface area contributed by atoms with Crippen molar-refractivity contribution in [2.24, 2.45) is 0 Å². The zero-order valence-corrected chi connectivity index (χ0v) is 16.0. The van der Waals surface area contributed by atoms with E-state index in [9.17, 15) is 13.2 Å². The predicted molar refractivity (Wildman–Crippen MR) is 103 cm³/mol. The van der Waals surface area contributed by atoms with Gasteiger partial charge in [0.2, 0.25) is 16.0 Å². The molecule has 1 fully saturated rings. The van der Waals surface area contributed by atoms with Crippen molar-refractivity contribution in [3.05, 3.63) is 34.8 Å². The molecule has 0 aromatic carbocycles. The molecular weight excluding hydrogens is 368 g/mol. The van der Waals surface area contributed by atoms with E-state index < -0.39 is 15.6 Å². The van der Waals surface area contributed by atoms with Crippen LogP contribution in [0.25, 0.3) is 16.7 Å². The maximum atomic E-state index is 12.4. The van der Waals surface area contributed by atoms with Gasteiger partial charge in [0, 0.05) is 36.4 Å². The number of pyridine rings is 1. The van der Waals surface area contributed by atoms with Crippen LogP contribution < -0.4 is 10.9 Å². The Kier molecular flexibility index (Phi) is 4.99. The zero-order chi connectivity index (χ0) is 19.8. The van der Waals surface area contributed by atoms with Gasteiger partial charge in [0.05, 0.1) is 6.26 Å². The van der Waals surface area contributed by atoms with E-state index in [1.807, 2.05) is 6.07 Å². The van der Waals surface area contributed by atoms with Gasteiger partial charge in [0.25, 0.3) is 5.56 Å². The van der Waals surface area contributed by atoms with Crippen LogP contribution in [0.5, 0.6) is 0 Å². The Morgan fingerprint density at radius 1 is 1.41 bits per heavy atom. The highest BCUT2D eigenvalue weighted by molar-refractivity contribution is 7.88. The van der Waals surface area contributed by atoms with E-state index in [2.05, 4.69) is 21.9 Å². The second-order valence-electron chi connectivity index (χ2n) is 6.60. The number of nitriles is 1. The summed E-state index contributed by atoms with van der Waals surface area (Å²) in [5.41, 5.74) is 0.359. The number of hydrogen-bond donors (Lipinski definition) is 1. The maximum absolute atomic E-state index is 12.4. The number of aromatic nitrogens is 3. The third-order valence-electron chi connectivity index (χ3n) is 4.50. The van der Waals surface area contributed by atoms with E-state index in [0.717, 1.165) is 0 Å². The van der Waals surface area contributed by atoms with Crippen LogP contribution in [0.4, 0.5) is 5.95 Å². The molecule has 0 unspecified atom stereocenters. The highest BCUT2D eigenvalue weighted by Gasteiger charge is 2.25. The summed E-state index contributed by atoms with van der Waals surface area (Å²) < 4.78 is 26.0. The Hall–Kier alpha value is -2.77. The Labute approximate surface area is 157 Å². The third-order valence-corrected chi connectivity index (χ3v) is 5.80. The van der Waals surface area contributed by atoms with Crippen LogP contribution in [0.2, 0.25) is 0 Å². The fourth-order valence-corrected chi connectivity index (χ4v) is 3.99. The number of nitrogens with zero attached hydrogens (tertiary/aromatic N) is 5. The lowest BCUT2D eigenvalue weighted by molar-refractivity contribution is 0.331. The van der Waals surface area contributed by atoms with E-state index in [1.165, 1.54) is 21.2 Å². The van der Waals surface area contributed by atoms with Crippen molar-refractivity contribution in [2.45, 2.75) is 25.8 Å². The fraction of sp³-hybridized carbons (Fsp3) is 0.412. The van der Waals surface area contributed by atoms with Crippen LogP contribution in [0.3, 0.4) is 0 Å². The summed E-state index contributed by atoms with van der Waals surface area (Å²) in [4.78, 5) is 21.1. The molecule has 1 aliphatic heterocycles. The molecule has 1 N–H and O–H groups in total. The van der Waals surface area contributed by atoms with Gasteiger partial charge in [0.1, 0.15) is 11.6 Å². The minimum Gasteiger partial charge on any atom is -0.351 e. The summed E-state index contributed by atoms with van der Waals surface area (Å²) >= 11 is 0. The molecule has 142 valence electrons. The number of sulfonamides is 1. The van der Waals surface area contributed by atoms with Crippen LogP contribution in [-0.4, -0.2) is 52.6 Å². The van der Waals surface area contributed by atoms with E-state index in [-0.39, 0.29) is 11.6 Å². The minimum atomic E-state index is -3.18. The first kappa shape index (κ1) is 19.0. The summed E-state index contributed by atoms with van der Waals surface area (Å²) in [5.74, 6) is 0.347. The molecule has 3 heterocycles. The second kappa shape index (κ2) is 7.09.